The molecule has 3 aromatic rings. The van der Waals surface area contributed by atoms with Crippen molar-refractivity contribution >= 4 is 33.0 Å². The third kappa shape index (κ3) is 2.74. The molecular formula is C16H15ClN4O2S. The second kappa shape index (κ2) is 5.75. The fourth-order valence-electron chi connectivity index (χ4n) is 2.68. The van der Waals surface area contributed by atoms with Crippen molar-refractivity contribution in [2.75, 3.05) is 4.72 Å². The summed E-state index contributed by atoms with van der Waals surface area (Å²) in [6, 6.07) is 9.55. The first-order valence-corrected chi connectivity index (χ1v) is 9.53. The zero-order valence-electron chi connectivity index (χ0n) is 12.7. The minimum atomic E-state index is -3.75. The summed E-state index contributed by atoms with van der Waals surface area (Å²) in [6.45, 7) is 0. The van der Waals surface area contributed by atoms with Crippen LogP contribution in [0.2, 0.25) is 5.02 Å². The molecule has 6 nitrogen and oxygen atoms in total. The molecule has 0 amide bonds. The number of hydrogen-bond donors (Lipinski definition) is 1. The van der Waals surface area contributed by atoms with Crippen molar-refractivity contribution in [2.45, 2.75) is 30.1 Å². The van der Waals surface area contributed by atoms with Crippen molar-refractivity contribution in [3.05, 3.63) is 53.4 Å². The van der Waals surface area contributed by atoms with Gasteiger partial charge >= 0.3 is 0 Å². The molecule has 1 aliphatic rings. The summed E-state index contributed by atoms with van der Waals surface area (Å²) in [7, 11) is -3.75. The Morgan fingerprint density at radius 2 is 2.04 bits per heavy atom. The molecule has 1 fully saturated rings. The Morgan fingerprint density at radius 1 is 1.21 bits per heavy atom. The molecule has 0 saturated heterocycles. The number of benzene rings is 1. The van der Waals surface area contributed by atoms with E-state index in [4.69, 9.17) is 11.6 Å². The van der Waals surface area contributed by atoms with Gasteiger partial charge in [0.2, 0.25) is 0 Å². The summed E-state index contributed by atoms with van der Waals surface area (Å²) in [5, 5.41) is 4.83. The number of nitrogens with zero attached hydrogens (tertiary/aromatic N) is 3. The van der Waals surface area contributed by atoms with Crippen molar-refractivity contribution < 1.29 is 8.42 Å². The molecule has 0 spiro atoms. The molecule has 0 unspecified atom stereocenters. The number of fused-ring (bicyclic) bond motifs is 1. The number of halogens is 1. The van der Waals surface area contributed by atoms with Crippen molar-refractivity contribution in [1.82, 2.24) is 14.6 Å². The monoisotopic (exact) mass is 362 g/mol. The van der Waals surface area contributed by atoms with E-state index in [2.05, 4.69) is 14.8 Å². The Bertz CT molecular complexity index is 1010. The molecule has 0 atom stereocenters. The van der Waals surface area contributed by atoms with Crippen LogP contribution in [0, 0.1) is 0 Å². The standard InChI is InChI=1S/C16H15ClN4O2S/c17-12-6-2-7-13(10-12)24(22,23)20-14-8-3-9-21-16(14)18-15(19-21)11-4-1-5-11/h2-3,6-11,20H,1,4-5H2. The molecule has 8 heteroatoms. The van der Waals surface area contributed by atoms with Crippen molar-refractivity contribution in [1.29, 1.82) is 0 Å². The number of hydrogen-bond acceptors (Lipinski definition) is 4. The lowest BCUT2D eigenvalue weighted by Gasteiger charge is -2.21. The first kappa shape index (κ1) is 15.4. The molecule has 0 bridgehead atoms. The first-order chi connectivity index (χ1) is 11.5. The first-order valence-electron chi connectivity index (χ1n) is 7.67. The molecule has 2 aromatic heterocycles. The summed E-state index contributed by atoms with van der Waals surface area (Å²) in [6.07, 6.45) is 5.12. The maximum Gasteiger partial charge on any atom is 0.262 e. The Balaban J connectivity index is 1.72. The average Bonchev–Trinajstić information content (AvgIpc) is 2.89. The van der Waals surface area contributed by atoms with Gasteiger partial charge in [-0.3, -0.25) is 4.72 Å². The van der Waals surface area contributed by atoms with Gasteiger partial charge in [-0.1, -0.05) is 24.1 Å². The maximum atomic E-state index is 12.6. The van der Waals surface area contributed by atoms with E-state index >= 15 is 0 Å². The second-order valence-corrected chi connectivity index (χ2v) is 7.97. The molecule has 0 radical (unpaired) electrons. The van der Waals surface area contributed by atoms with Crippen LogP contribution in [0.5, 0.6) is 0 Å². The van der Waals surface area contributed by atoms with Crippen LogP contribution in [0.25, 0.3) is 5.65 Å². The molecule has 24 heavy (non-hydrogen) atoms. The van der Waals surface area contributed by atoms with E-state index in [9.17, 15) is 8.42 Å². The fourth-order valence-corrected chi connectivity index (χ4v) is 4.04. The second-order valence-electron chi connectivity index (χ2n) is 5.85. The van der Waals surface area contributed by atoms with E-state index in [-0.39, 0.29) is 4.90 Å². The van der Waals surface area contributed by atoms with Gasteiger partial charge in [0.15, 0.2) is 11.5 Å². The number of pyridine rings is 1. The zero-order chi connectivity index (χ0) is 16.7. The van der Waals surface area contributed by atoms with E-state index in [0.29, 0.717) is 22.3 Å². The molecule has 1 saturated carbocycles. The molecule has 0 aliphatic heterocycles. The predicted octanol–water partition coefficient (Wildman–Crippen LogP) is 3.45. The van der Waals surface area contributed by atoms with Gasteiger partial charge in [0.25, 0.3) is 10.0 Å². The summed E-state index contributed by atoms with van der Waals surface area (Å²) < 4.78 is 29.4. The summed E-state index contributed by atoms with van der Waals surface area (Å²) >= 11 is 5.89. The van der Waals surface area contributed by atoms with E-state index in [1.165, 1.54) is 18.6 Å². The van der Waals surface area contributed by atoms with Crippen molar-refractivity contribution in [3.63, 3.8) is 0 Å². The summed E-state index contributed by atoms with van der Waals surface area (Å²) in [5.74, 6) is 1.15. The molecule has 1 aliphatic carbocycles. The lowest BCUT2D eigenvalue weighted by molar-refractivity contribution is 0.402. The van der Waals surface area contributed by atoms with Crippen LogP contribution >= 0.6 is 11.6 Å². The number of anilines is 1. The van der Waals surface area contributed by atoms with E-state index in [1.54, 1.807) is 35.0 Å². The quantitative estimate of drug-likeness (QED) is 0.771. The SMILES string of the molecule is O=S(=O)(Nc1cccn2nc(C3CCC3)nc12)c1cccc(Cl)c1. The van der Waals surface area contributed by atoms with Gasteiger partial charge in [0, 0.05) is 17.1 Å². The van der Waals surface area contributed by atoms with Gasteiger partial charge in [-0.2, -0.15) is 5.10 Å². The lowest BCUT2D eigenvalue weighted by Crippen LogP contribution is -2.13. The van der Waals surface area contributed by atoms with E-state index in [0.717, 1.165) is 18.7 Å². The Labute approximate surface area is 144 Å². The minimum absolute atomic E-state index is 0.107. The number of sulfonamides is 1. The van der Waals surface area contributed by atoms with Crippen LogP contribution in [0.1, 0.15) is 31.0 Å². The molecule has 1 N–H and O–H groups in total. The van der Waals surface area contributed by atoms with Gasteiger partial charge in [0.1, 0.15) is 0 Å². The van der Waals surface area contributed by atoms with Crippen LogP contribution in [0.15, 0.2) is 47.5 Å². The highest BCUT2D eigenvalue weighted by molar-refractivity contribution is 7.92. The summed E-state index contributed by atoms with van der Waals surface area (Å²) in [4.78, 5) is 4.64. The van der Waals surface area contributed by atoms with Crippen molar-refractivity contribution in [3.8, 4) is 0 Å². The maximum absolute atomic E-state index is 12.6. The Morgan fingerprint density at radius 3 is 2.75 bits per heavy atom. The molecule has 2 heterocycles. The fraction of sp³-hybridized carbons (Fsp3) is 0.250. The van der Waals surface area contributed by atoms with Crippen LogP contribution in [-0.2, 0) is 10.0 Å². The van der Waals surface area contributed by atoms with Gasteiger partial charge in [-0.15, -0.1) is 0 Å². The predicted molar refractivity (Wildman–Crippen MR) is 91.8 cm³/mol. The zero-order valence-corrected chi connectivity index (χ0v) is 14.3. The number of aromatic nitrogens is 3. The Kier molecular flexibility index (Phi) is 3.69. The van der Waals surface area contributed by atoms with Crippen molar-refractivity contribution in [2.24, 2.45) is 0 Å². The lowest BCUT2D eigenvalue weighted by atomic mass is 9.85. The van der Waals surface area contributed by atoms with Crippen LogP contribution in [0.3, 0.4) is 0 Å². The van der Waals surface area contributed by atoms with Crippen LogP contribution < -0.4 is 4.72 Å². The summed E-state index contributed by atoms with van der Waals surface area (Å²) in [5.41, 5.74) is 0.903. The number of rotatable bonds is 4. The third-order valence-electron chi connectivity index (χ3n) is 4.20. The highest BCUT2D eigenvalue weighted by Crippen LogP contribution is 2.35. The van der Waals surface area contributed by atoms with Crippen LogP contribution in [0.4, 0.5) is 5.69 Å². The third-order valence-corrected chi connectivity index (χ3v) is 5.80. The smallest absolute Gasteiger partial charge is 0.262 e. The molecule has 124 valence electrons. The van der Waals surface area contributed by atoms with Gasteiger partial charge in [-0.25, -0.2) is 17.9 Å². The normalized spacial score (nSPS) is 15.4. The molecule has 4 rings (SSSR count). The molecule has 1 aromatic carbocycles. The topological polar surface area (TPSA) is 76.4 Å². The van der Waals surface area contributed by atoms with Gasteiger partial charge in [-0.05, 0) is 43.2 Å². The van der Waals surface area contributed by atoms with Gasteiger partial charge in [0.05, 0.1) is 10.6 Å². The largest absolute Gasteiger partial charge is 0.276 e. The highest BCUT2D eigenvalue weighted by atomic mass is 35.5. The van der Waals surface area contributed by atoms with E-state index in [1.807, 2.05) is 0 Å². The minimum Gasteiger partial charge on any atom is -0.276 e. The van der Waals surface area contributed by atoms with E-state index < -0.39 is 10.0 Å². The average molecular weight is 363 g/mol. The highest BCUT2D eigenvalue weighted by Gasteiger charge is 2.25. The molecular weight excluding hydrogens is 348 g/mol. The van der Waals surface area contributed by atoms with Gasteiger partial charge < -0.3 is 0 Å². The van der Waals surface area contributed by atoms with Crippen LogP contribution in [-0.4, -0.2) is 23.0 Å². The number of nitrogens with one attached hydrogen (secondary N) is 1. The Hall–Kier alpha value is -2.12.